The first-order chi connectivity index (χ1) is 15.5. The van der Waals surface area contributed by atoms with Crippen molar-refractivity contribution >= 4 is 23.3 Å². The van der Waals surface area contributed by atoms with Crippen molar-refractivity contribution in [1.29, 1.82) is 0 Å². The highest BCUT2D eigenvalue weighted by molar-refractivity contribution is 6.30. The van der Waals surface area contributed by atoms with Crippen LogP contribution in [0.5, 0.6) is 0 Å². The Morgan fingerprint density at radius 1 is 1.16 bits per heavy atom. The molecular weight excluding hydrogens is 427 g/mol. The Hall–Kier alpha value is -2.05. The van der Waals surface area contributed by atoms with Gasteiger partial charge in [-0.2, -0.15) is 0 Å². The van der Waals surface area contributed by atoms with Gasteiger partial charge in [0.15, 0.2) is 0 Å². The van der Waals surface area contributed by atoms with Crippen molar-refractivity contribution in [3.05, 3.63) is 52.2 Å². The highest BCUT2D eigenvalue weighted by Crippen LogP contribution is 2.60. The minimum Gasteiger partial charge on any atom is -0.310 e. The molecule has 32 heavy (non-hydrogen) atoms. The number of halogens is 2. The fourth-order valence-corrected chi connectivity index (χ4v) is 7.38. The van der Waals surface area contributed by atoms with Gasteiger partial charge in [0.1, 0.15) is 18.0 Å². The number of fused-ring (bicyclic) bond motifs is 1. The van der Waals surface area contributed by atoms with E-state index in [-0.39, 0.29) is 16.3 Å². The topological polar surface area (TPSA) is 58.1 Å². The predicted molar refractivity (Wildman–Crippen MR) is 120 cm³/mol. The van der Waals surface area contributed by atoms with Crippen LogP contribution in [0.25, 0.3) is 0 Å². The quantitative estimate of drug-likeness (QED) is 0.707. The second kappa shape index (κ2) is 7.77. The zero-order chi connectivity index (χ0) is 21.9. The molecule has 1 amide bonds. The average molecular weight is 455 g/mol. The van der Waals surface area contributed by atoms with Gasteiger partial charge in [0.25, 0.3) is 0 Å². The molecule has 168 valence electrons. The maximum absolute atomic E-state index is 13.5. The van der Waals surface area contributed by atoms with E-state index in [9.17, 15) is 9.18 Å². The molecule has 1 N–H and O–H groups in total. The summed E-state index contributed by atoms with van der Waals surface area (Å²) in [5, 5.41) is 3.39. The van der Waals surface area contributed by atoms with E-state index in [0.717, 1.165) is 66.8 Å². The van der Waals surface area contributed by atoms with Gasteiger partial charge >= 0.3 is 0 Å². The van der Waals surface area contributed by atoms with Crippen molar-refractivity contribution in [3.8, 4) is 0 Å². The van der Waals surface area contributed by atoms with E-state index in [0.29, 0.717) is 18.9 Å². The number of amides is 1. The van der Waals surface area contributed by atoms with Crippen molar-refractivity contribution < 1.29 is 9.18 Å². The standard InChI is InChI=1S/C25H28ClFN4O/c26-20-8-15(1-2-21(20)27)12-31-4-3-19-22(13-31)28-14-29-23(19)30-24(32)25-9-16-5-17(10-25)7-18(6-16)11-25/h1-2,8,14,16-18H,3-7,9-13H2,(H,28,29,30,32). The first-order valence-corrected chi connectivity index (χ1v) is 12.2. The smallest absolute Gasteiger partial charge is 0.231 e. The third-order valence-electron chi connectivity index (χ3n) is 8.23. The number of nitrogens with one attached hydrogen (secondary N) is 1. The molecule has 1 aliphatic heterocycles. The minimum absolute atomic E-state index is 0.150. The molecule has 4 aliphatic carbocycles. The molecule has 1 aromatic heterocycles. The number of aromatic nitrogens is 2. The Bertz CT molecular complexity index is 1040. The lowest BCUT2D eigenvalue weighted by Crippen LogP contribution is -2.52. The summed E-state index contributed by atoms with van der Waals surface area (Å²) in [4.78, 5) is 24.7. The Balaban J connectivity index is 1.17. The lowest BCUT2D eigenvalue weighted by molar-refractivity contribution is -0.140. The summed E-state index contributed by atoms with van der Waals surface area (Å²) in [6.45, 7) is 2.18. The van der Waals surface area contributed by atoms with Crippen LogP contribution in [0, 0.1) is 29.0 Å². The Morgan fingerprint density at radius 2 is 1.88 bits per heavy atom. The Kier molecular flexibility index (Phi) is 4.99. The number of hydrogen-bond donors (Lipinski definition) is 1. The van der Waals surface area contributed by atoms with Crippen molar-refractivity contribution in [2.24, 2.45) is 23.2 Å². The maximum Gasteiger partial charge on any atom is 0.231 e. The number of nitrogens with zero attached hydrogens (tertiary/aromatic N) is 3. The molecule has 2 aromatic rings. The molecule has 7 rings (SSSR count). The molecule has 0 atom stereocenters. The highest BCUT2D eigenvalue weighted by Gasteiger charge is 2.54. The van der Waals surface area contributed by atoms with Crippen LogP contribution in [0.4, 0.5) is 10.2 Å². The Morgan fingerprint density at radius 3 is 2.56 bits per heavy atom. The van der Waals surface area contributed by atoms with Crippen LogP contribution in [0.1, 0.15) is 55.3 Å². The van der Waals surface area contributed by atoms with Crippen molar-refractivity contribution in [2.75, 3.05) is 11.9 Å². The summed E-state index contributed by atoms with van der Waals surface area (Å²) in [5.74, 6) is 2.69. The van der Waals surface area contributed by atoms with Gasteiger partial charge in [0.05, 0.1) is 16.1 Å². The van der Waals surface area contributed by atoms with Gasteiger partial charge < -0.3 is 5.32 Å². The van der Waals surface area contributed by atoms with E-state index in [1.807, 2.05) is 0 Å². The largest absolute Gasteiger partial charge is 0.310 e. The second-order valence-electron chi connectivity index (χ2n) is 10.5. The van der Waals surface area contributed by atoms with E-state index in [1.54, 1.807) is 18.5 Å². The van der Waals surface area contributed by atoms with Gasteiger partial charge in [0.2, 0.25) is 5.91 Å². The first-order valence-electron chi connectivity index (χ1n) is 11.8. The molecule has 0 saturated heterocycles. The summed E-state index contributed by atoms with van der Waals surface area (Å²) in [5.41, 5.74) is 2.80. The first kappa shape index (κ1) is 20.5. The molecule has 0 unspecified atom stereocenters. The van der Waals surface area contributed by atoms with Crippen molar-refractivity contribution in [3.63, 3.8) is 0 Å². The summed E-state index contributed by atoms with van der Waals surface area (Å²) in [6.07, 6.45) is 9.46. The van der Waals surface area contributed by atoms with Crippen molar-refractivity contribution in [2.45, 2.75) is 58.0 Å². The fourth-order valence-electron chi connectivity index (χ4n) is 7.18. The van der Waals surface area contributed by atoms with Gasteiger partial charge in [-0.3, -0.25) is 9.69 Å². The monoisotopic (exact) mass is 454 g/mol. The van der Waals surface area contributed by atoms with Gasteiger partial charge in [-0.25, -0.2) is 14.4 Å². The zero-order valence-corrected chi connectivity index (χ0v) is 18.9. The van der Waals surface area contributed by atoms with Crippen LogP contribution < -0.4 is 5.32 Å². The van der Waals surface area contributed by atoms with E-state index >= 15 is 0 Å². The third kappa shape index (κ3) is 3.61. The minimum atomic E-state index is -0.397. The summed E-state index contributed by atoms with van der Waals surface area (Å²) < 4.78 is 13.5. The summed E-state index contributed by atoms with van der Waals surface area (Å²) in [6, 6.07) is 4.87. The molecule has 4 bridgehead atoms. The van der Waals surface area contributed by atoms with E-state index < -0.39 is 5.82 Å². The van der Waals surface area contributed by atoms with Crippen molar-refractivity contribution in [1.82, 2.24) is 14.9 Å². The molecule has 4 saturated carbocycles. The Labute approximate surface area is 192 Å². The lowest BCUT2D eigenvalue weighted by Gasteiger charge is -2.55. The van der Waals surface area contributed by atoms with E-state index in [4.69, 9.17) is 11.6 Å². The van der Waals surface area contributed by atoms with Crippen LogP contribution in [0.15, 0.2) is 24.5 Å². The number of rotatable bonds is 4. The molecule has 5 nitrogen and oxygen atoms in total. The van der Waals surface area contributed by atoms with Gasteiger partial charge in [-0.05, 0) is 80.4 Å². The highest BCUT2D eigenvalue weighted by atomic mass is 35.5. The number of anilines is 1. The molecule has 5 aliphatic rings. The molecule has 2 heterocycles. The number of benzene rings is 1. The van der Waals surface area contributed by atoms with Crippen LogP contribution in [0.2, 0.25) is 5.02 Å². The van der Waals surface area contributed by atoms with Gasteiger partial charge in [-0.1, -0.05) is 17.7 Å². The van der Waals surface area contributed by atoms with Gasteiger partial charge in [-0.15, -0.1) is 0 Å². The molecule has 1 aromatic carbocycles. The summed E-state index contributed by atoms with van der Waals surface area (Å²) in [7, 11) is 0. The molecule has 4 fully saturated rings. The SMILES string of the molecule is O=C(Nc1ncnc2c1CCN(Cc1ccc(F)c(Cl)c1)C2)C12CC3CC(CC(C3)C1)C2. The van der Waals surface area contributed by atoms with Crippen LogP contribution in [-0.4, -0.2) is 27.3 Å². The van der Waals surface area contributed by atoms with E-state index in [2.05, 4.69) is 20.2 Å². The molecule has 0 radical (unpaired) electrons. The zero-order valence-electron chi connectivity index (χ0n) is 18.1. The van der Waals surface area contributed by atoms with Crippen LogP contribution in [-0.2, 0) is 24.3 Å². The number of carbonyl (C=O) groups excluding carboxylic acids is 1. The predicted octanol–water partition coefficient (Wildman–Crippen LogP) is 4.98. The summed E-state index contributed by atoms with van der Waals surface area (Å²) >= 11 is 5.94. The van der Waals surface area contributed by atoms with Crippen LogP contribution in [0.3, 0.4) is 0 Å². The lowest BCUT2D eigenvalue weighted by atomic mass is 9.49. The number of carbonyl (C=O) groups is 1. The molecule has 0 spiro atoms. The fraction of sp³-hybridized carbons (Fsp3) is 0.560. The normalized spacial score (nSPS) is 30.9. The third-order valence-corrected chi connectivity index (χ3v) is 8.52. The maximum atomic E-state index is 13.5. The average Bonchev–Trinajstić information content (AvgIpc) is 2.75. The molecule has 7 heteroatoms. The second-order valence-corrected chi connectivity index (χ2v) is 10.9. The number of hydrogen-bond acceptors (Lipinski definition) is 4. The van der Waals surface area contributed by atoms with Gasteiger partial charge in [0, 0.05) is 25.2 Å². The molecular formula is C25H28ClFN4O. The van der Waals surface area contributed by atoms with Crippen LogP contribution >= 0.6 is 11.6 Å². The van der Waals surface area contributed by atoms with E-state index in [1.165, 1.54) is 25.3 Å².